The molecule has 0 saturated carbocycles. The molecule has 5 nitrogen and oxygen atoms in total. The van der Waals surface area contributed by atoms with Gasteiger partial charge in [0.25, 0.3) is 6.43 Å². The molecule has 0 aliphatic rings. The first-order valence-corrected chi connectivity index (χ1v) is 6.47. The highest BCUT2D eigenvalue weighted by atomic mass is 19.3. The third-order valence-electron chi connectivity index (χ3n) is 2.86. The number of rotatable bonds is 5. The molecule has 0 radical (unpaired) electrons. The van der Waals surface area contributed by atoms with E-state index in [2.05, 4.69) is 10.3 Å². The number of aryl methyl sites for hydroxylation is 1. The Bertz CT molecular complexity index is 641. The van der Waals surface area contributed by atoms with Crippen molar-refractivity contribution in [3.63, 3.8) is 0 Å². The summed E-state index contributed by atoms with van der Waals surface area (Å²) in [4.78, 5) is 11.6. The van der Waals surface area contributed by atoms with E-state index in [1.807, 2.05) is 25.1 Å². The minimum absolute atomic E-state index is 0.0895. The fourth-order valence-corrected chi connectivity index (χ4v) is 1.98. The lowest BCUT2D eigenvalue weighted by Gasteiger charge is -2.07. The summed E-state index contributed by atoms with van der Waals surface area (Å²) in [5, 5.41) is 7.18. The van der Waals surface area contributed by atoms with Gasteiger partial charge in [0.15, 0.2) is 5.69 Å². The van der Waals surface area contributed by atoms with Crippen LogP contribution in [0.3, 0.4) is 0 Å². The fraction of sp³-hybridized carbons (Fsp3) is 0.357. The lowest BCUT2D eigenvalue weighted by molar-refractivity contribution is 0.0506. The van der Waals surface area contributed by atoms with Gasteiger partial charge in [0, 0.05) is 0 Å². The van der Waals surface area contributed by atoms with Gasteiger partial charge in [-0.3, -0.25) is 0 Å². The summed E-state index contributed by atoms with van der Waals surface area (Å²) in [6.07, 6.45) is -2.86. The number of nitrogens with zero attached hydrogens (tertiary/aromatic N) is 3. The molecule has 7 heteroatoms. The summed E-state index contributed by atoms with van der Waals surface area (Å²) >= 11 is 0. The average Bonchev–Trinajstić information content (AvgIpc) is 2.83. The number of hydrogen-bond donors (Lipinski definition) is 0. The number of halogens is 2. The molecule has 0 aliphatic heterocycles. The van der Waals surface area contributed by atoms with E-state index < -0.39 is 23.8 Å². The number of aromatic nitrogens is 3. The fourth-order valence-electron chi connectivity index (χ4n) is 1.98. The van der Waals surface area contributed by atoms with E-state index in [0.29, 0.717) is 0 Å². The zero-order chi connectivity index (χ0) is 15.4. The predicted molar refractivity (Wildman–Crippen MR) is 71.2 cm³/mol. The van der Waals surface area contributed by atoms with Crippen LogP contribution in [-0.4, -0.2) is 27.6 Å². The first-order chi connectivity index (χ1) is 10.0. The molecule has 1 aromatic carbocycles. The molecule has 0 spiro atoms. The molecule has 2 rings (SSSR count). The average molecular weight is 295 g/mol. The Hall–Kier alpha value is -2.31. The molecule has 0 aliphatic carbocycles. The number of hydrogen-bond acceptors (Lipinski definition) is 4. The highest BCUT2D eigenvalue weighted by Gasteiger charge is 2.27. The number of alkyl halides is 2. The molecular formula is C14H15F2N3O2. The summed E-state index contributed by atoms with van der Waals surface area (Å²) in [5.74, 6) is -0.886. The molecule has 0 atom stereocenters. The molecular weight excluding hydrogens is 280 g/mol. The van der Waals surface area contributed by atoms with E-state index in [1.165, 1.54) is 0 Å². The van der Waals surface area contributed by atoms with Crippen molar-refractivity contribution in [3.05, 3.63) is 46.8 Å². The van der Waals surface area contributed by atoms with E-state index in [0.717, 1.165) is 15.8 Å². The molecule has 2 aromatic rings. The number of esters is 1. The van der Waals surface area contributed by atoms with Gasteiger partial charge >= 0.3 is 5.97 Å². The van der Waals surface area contributed by atoms with Gasteiger partial charge in [-0.25, -0.2) is 18.3 Å². The maximum absolute atomic E-state index is 13.2. The predicted octanol–water partition coefficient (Wildman–Crippen LogP) is 2.75. The van der Waals surface area contributed by atoms with Gasteiger partial charge in [0.05, 0.1) is 13.2 Å². The number of benzene rings is 1. The van der Waals surface area contributed by atoms with Crippen LogP contribution in [0.5, 0.6) is 0 Å². The number of carbonyl (C=O) groups is 1. The molecule has 0 bridgehead atoms. The highest BCUT2D eigenvalue weighted by Crippen LogP contribution is 2.23. The lowest BCUT2D eigenvalue weighted by atomic mass is 10.1. The van der Waals surface area contributed by atoms with Crippen molar-refractivity contribution in [2.75, 3.05) is 6.61 Å². The molecule has 0 fully saturated rings. The van der Waals surface area contributed by atoms with Crippen molar-refractivity contribution < 1.29 is 18.3 Å². The van der Waals surface area contributed by atoms with Gasteiger partial charge in [0.2, 0.25) is 0 Å². The van der Waals surface area contributed by atoms with Crippen LogP contribution in [0, 0.1) is 6.92 Å². The molecule has 1 aromatic heterocycles. The topological polar surface area (TPSA) is 57.0 Å². The van der Waals surface area contributed by atoms with Crippen molar-refractivity contribution in [2.24, 2.45) is 0 Å². The Morgan fingerprint density at radius 3 is 2.81 bits per heavy atom. The smallest absolute Gasteiger partial charge is 0.361 e. The Kier molecular flexibility index (Phi) is 4.62. The molecule has 0 amide bonds. The Labute approximate surface area is 120 Å². The second-order valence-electron chi connectivity index (χ2n) is 4.49. The van der Waals surface area contributed by atoms with Crippen molar-refractivity contribution in [2.45, 2.75) is 26.8 Å². The Morgan fingerprint density at radius 1 is 1.43 bits per heavy atom. The molecule has 112 valence electrons. The van der Waals surface area contributed by atoms with Crippen LogP contribution in [0.2, 0.25) is 0 Å². The van der Waals surface area contributed by atoms with Crippen LogP contribution in [0.1, 0.15) is 40.7 Å². The first-order valence-electron chi connectivity index (χ1n) is 6.47. The second kappa shape index (κ2) is 6.43. The van der Waals surface area contributed by atoms with Gasteiger partial charge in [-0.05, 0) is 19.4 Å². The first kappa shape index (κ1) is 15.1. The third-order valence-corrected chi connectivity index (χ3v) is 2.86. The van der Waals surface area contributed by atoms with E-state index in [9.17, 15) is 13.6 Å². The van der Waals surface area contributed by atoms with Crippen LogP contribution < -0.4 is 0 Å². The van der Waals surface area contributed by atoms with Crippen molar-refractivity contribution in [3.8, 4) is 0 Å². The molecule has 21 heavy (non-hydrogen) atoms. The number of ether oxygens (including phenoxy) is 1. The zero-order valence-corrected chi connectivity index (χ0v) is 11.7. The van der Waals surface area contributed by atoms with Crippen LogP contribution >= 0.6 is 0 Å². The highest BCUT2D eigenvalue weighted by molar-refractivity contribution is 5.88. The van der Waals surface area contributed by atoms with E-state index in [1.54, 1.807) is 13.0 Å². The standard InChI is InChI=1S/C14H15F2N3O2/c1-3-21-14(20)11-12(13(15)16)19(18-17-11)8-10-6-4-5-9(2)7-10/h4-7,13H,3,8H2,1-2H3. The zero-order valence-electron chi connectivity index (χ0n) is 11.7. The quantitative estimate of drug-likeness (QED) is 0.796. The van der Waals surface area contributed by atoms with Gasteiger partial charge in [0.1, 0.15) is 5.69 Å². The van der Waals surface area contributed by atoms with Crippen molar-refractivity contribution in [1.29, 1.82) is 0 Å². The summed E-state index contributed by atoms with van der Waals surface area (Å²) < 4.78 is 32.1. The molecule has 0 unspecified atom stereocenters. The monoisotopic (exact) mass is 295 g/mol. The van der Waals surface area contributed by atoms with Gasteiger partial charge in [-0.2, -0.15) is 0 Å². The molecule has 0 saturated heterocycles. The summed E-state index contributed by atoms with van der Waals surface area (Å²) in [5.41, 5.74) is 0.864. The van der Waals surface area contributed by atoms with Gasteiger partial charge < -0.3 is 4.74 Å². The SMILES string of the molecule is CCOC(=O)c1nnn(Cc2cccc(C)c2)c1C(F)F. The Balaban J connectivity index is 2.34. The minimum atomic E-state index is -2.86. The molecule has 1 heterocycles. The third kappa shape index (κ3) is 3.42. The van der Waals surface area contributed by atoms with E-state index >= 15 is 0 Å². The van der Waals surface area contributed by atoms with Crippen molar-refractivity contribution in [1.82, 2.24) is 15.0 Å². The Morgan fingerprint density at radius 2 is 2.19 bits per heavy atom. The van der Waals surface area contributed by atoms with Crippen LogP contribution in [-0.2, 0) is 11.3 Å². The normalized spacial score (nSPS) is 10.9. The maximum atomic E-state index is 13.2. The van der Waals surface area contributed by atoms with E-state index in [-0.39, 0.29) is 13.2 Å². The maximum Gasteiger partial charge on any atom is 0.361 e. The largest absolute Gasteiger partial charge is 0.461 e. The summed E-state index contributed by atoms with van der Waals surface area (Å²) in [6.45, 7) is 3.71. The van der Waals surface area contributed by atoms with E-state index in [4.69, 9.17) is 4.74 Å². The lowest BCUT2D eigenvalue weighted by Crippen LogP contribution is -2.12. The second-order valence-corrected chi connectivity index (χ2v) is 4.49. The van der Waals surface area contributed by atoms with Gasteiger partial charge in [-0.15, -0.1) is 5.10 Å². The summed E-state index contributed by atoms with van der Waals surface area (Å²) in [6, 6.07) is 7.40. The van der Waals surface area contributed by atoms with Gasteiger partial charge in [-0.1, -0.05) is 35.0 Å². The van der Waals surface area contributed by atoms with Crippen molar-refractivity contribution >= 4 is 5.97 Å². The minimum Gasteiger partial charge on any atom is -0.461 e. The number of carbonyl (C=O) groups excluding carboxylic acids is 1. The van der Waals surface area contributed by atoms with Crippen LogP contribution in [0.4, 0.5) is 8.78 Å². The molecule has 0 N–H and O–H groups in total. The summed E-state index contributed by atoms with van der Waals surface area (Å²) in [7, 11) is 0. The van der Waals surface area contributed by atoms with Crippen LogP contribution in [0.25, 0.3) is 0 Å². The van der Waals surface area contributed by atoms with Crippen LogP contribution in [0.15, 0.2) is 24.3 Å².